The Balaban J connectivity index is 1.71. The van der Waals surface area contributed by atoms with E-state index in [0.29, 0.717) is 12.6 Å². The van der Waals surface area contributed by atoms with Crippen LogP contribution in [0.4, 0.5) is 0 Å². The molecule has 0 saturated heterocycles. The molecular weight excluding hydrogens is 250 g/mol. The summed E-state index contributed by atoms with van der Waals surface area (Å²) in [4.78, 5) is 14.8. The van der Waals surface area contributed by atoms with Gasteiger partial charge in [0.1, 0.15) is 0 Å². The molecule has 0 aliphatic heterocycles. The van der Waals surface area contributed by atoms with Crippen molar-refractivity contribution in [1.82, 2.24) is 4.90 Å². The van der Waals surface area contributed by atoms with Crippen molar-refractivity contribution >= 4 is 5.91 Å². The monoisotopic (exact) mass is 273 g/mol. The predicted octanol–water partition coefficient (Wildman–Crippen LogP) is 2.16. The van der Waals surface area contributed by atoms with Gasteiger partial charge in [0.05, 0.1) is 6.61 Å². The lowest BCUT2D eigenvalue weighted by Gasteiger charge is -2.30. The smallest absolute Gasteiger partial charge is 0.226 e. The van der Waals surface area contributed by atoms with Crippen molar-refractivity contribution in [2.45, 2.75) is 44.6 Å². The van der Waals surface area contributed by atoms with Gasteiger partial charge < -0.3 is 10.0 Å². The highest BCUT2D eigenvalue weighted by atomic mass is 16.3. The van der Waals surface area contributed by atoms with Crippen molar-refractivity contribution in [3.63, 3.8) is 0 Å². The van der Waals surface area contributed by atoms with Gasteiger partial charge in [0, 0.05) is 18.5 Å². The van der Waals surface area contributed by atoms with Crippen LogP contribution in [0.3, 0.4) is 0 Å². The standard InChI is InChI=1S/C17H23NO2/c19-10-9-18(16-7-3-4-8-16)17(20)15-11-13-5-1-2-6-14(13)12-15/h1-2,5-6,15-16,19H,3-4,7-12H2. The summed E-state index contributed by atoms with van der Waals surface area (Å²) in [7, 11) is 0. The SMILES string of the molecule is O=C(C1Cc2ccccc2C1)N(CCO)C1CCCC1. The number of carbonyl (C=O) groups is 1. The molecule has 108 valence electrons. The van der Waals surface area contributed by atoms with E-state index in [9.17, 15) is 9.90 Å². The second-order valence-corrected chi connectivity index (χ2v) is 6.07. The van der Waals surface area contributed by atoms with Gasteiger partial charge in [0.2, 0.25) is 5.91 Å². The maximum absolute atomic E-state index is 12.8. The van der Waals surface area contributed by atoms with Crippen molar-refractivity contribution in [2.24, 2.45) is 5.92 Å². The van der Waals surface area contributed by atoms with Crippen LogP contribution in [0.5, 0.6) is 0 Å². The molecule has 3 nitrogen and oxygen atoms in total. The third-order valence-corrected chi connectivity index (χ3v) is 4.79. The van der Waals surface area contributed by atoms with Crippen molar-refractivity contribution < 1.29 is 9.90 Å². The fourth-order valence-corrected chi connectivity index (χ4v) is 3.76. The summed E-state index contributed by atoms with van der Waals surface area (Å²) in [6.07, 6.45) is 6.36. The summed E-state index contributed by atoms with van der Waals surface area (Å²) in [5.41, 5.74) is 2.64. The Morgan fingerprint density at radius 3 is 2.30 bits per heavy atom. The fraction of sp³-hybridized carbons (Fsp3) is 0.588. The molecule has 0 bridgehead atoms. The molecule has 20 heavy (non-hydrogen) atoms. The minimum atomic E-state index is 0.0713. The summed E-state index contributed by atoms with van der Waals surface area (Å²) in [5, 5.41) is 9.27. The Morgan fingerprint density at radius 2 is 1.75 bits per heavy atom. The first-order valence-electron chi connectivity index (χ1n) is 7.77. The molecule has 0 heterocycles. The van der Waals surface area contributed by atoms with Crippen molar-refractivity contribution in [3.8, 4) is 0 Å². The quantitative estimate of drug-likeness (QED) is 0.913. The number of hydrogen-bond acceptors (Lipinski definition) is 2. The number of aliphatic hydroxyl groups is 1. The largest absolute Gasteiger partial charge is 0.395 e. The van der Waals surface area contributed by atoms with Gasteiger partial charge in [-0.25, -0.2) is 0 Å². The van der Waals surface area contributed by atoms with Gasteiger partial charge in [-0.05, 0) is 36.8 Å². The molecule has 1 saturated carbocycles. The zero-order valence-electron chi connectivity index (χ0n) is 11.9. The van der Waals surface area contributed by atoms with Crippen LogP contribution in [-0.2, 0) is 17.6 Å². The summed E-state index contributed by atoms with van der Waals surface area (Å²) < 4.78 is 0. The van der Waals surface area contributed by atoms with Crippen LogP contribution in [0.25, 0.3) is 0 Å². The van der Waals surface area contributed by atoms with Crippen LogP contribution in [-0.4, -0.2) is 35.1 Å². The number of rotatable bonds is 4. The first kappa shape index (κ1) is 13.6. The molecular formula is C17H23NO2. The second-order valence-electron chi connectivity index (χ2n) is 6.07. The number of hydrogen-bond donors (Lipinski definition) is 1. The van der Waals surface area contributed by atoms with Crippen LogP contribution in [0.15, 0.2) is 24.3 Å². The van der Waals surface area contributed by atoms with E-state index in [-0.39, 0.29) is 18.4 Å². The van der Waals surface area contributed by atoms with Gasteiger partial charge in [-0.15, -0.1) is 0 Å². The third kappa shape index (κ3) is 2.59. The summed E-state index contributed by atoms with van der Waals surface area (Å²) >= 11 is 0. The van der Waals surface area contributed by atoms with E-state index < -0.39 is 0 Å². The molecule has 2 aliphatic carbocycles. The summed E-state index contributed by atoms with van der Waals surface area (Å²) in [5.74, 6) is 0.335. The zero-order chi connectivity index (χ0) is 13.9. The van der Waals surface area contributed by atoms with Gasteiger partial charge >= 0.3 is 0 Å². The lowest BCUT2D eigenvalue weighted by Crippen LogP contribution is -2.44. The van der Waals surface area contributed by atoms with E-state index >= 15 is 0 Å². The van der Waals surface area contributed by atoms with Crippen molar-refractivity contribution in [2.75, 3.05) is 13.2 Å². The fourth-order valence-electron chi connectivity index (χ4n) is 3.76. The molecule has 0 unspecified atom stereocenters. The van der Waals surface area contributed by atoms with E-state index in [0.717, 1.165) is 25.7 Å². The minimum absolute atomic E-state index is 0.0713. The van der Waals surface area contributed by atoms with Gasteiger partial charge in [0.15, 0.2) is 0 Å². The number of carbonyl (C=O) groups excluding carboxylic acids is 1. The third-order valence-electron chi connectivity index (χ3n) is 4.79. The average Bonchev–Trinajstić information content (AvgIpc) is 3.12. The number of nitrogens with zero attached hydrogens (tertiary/aromatic N) is 1. The Morgan fingerprint density at radius 1 is 1.15 bits per heavy atom. The van der Waals surface area contributed by atoms with E-state index in [1.165, 1.54) is 24.0 Å². The molecule has 1 fully saturated rings. The van der Waals surface area contributed by atoms with E-state index in [2.05, 4.69) is 12.1 Å². The van der Waals surface area contributed by atoms with Gasteiger partial charge in [-0.3, -0.25) is 4.79 Å². The second kappa shape index (κ2) is 5.96. The maximum atomic E-state index is 12.8. The molecule has 3 heteroatoms. The topological polar surface area (TPSA) is 40.5 Å². The molecule has 0 radical (unpaired) electrons. The first-order chi connectivity index (χ1) is 9.79. The molecule has 0 aromatic heterocycles. The van der Waals surface area contributed by atoms with Crippen LogP contribution < -0.4 is 0 Å². The van der Waals surface area contributed by atoms with E-state index in [4.69, 9.17) is 0 Å². The van der Waals surface area contributed by atoms with Crippen LogP contribution in [0.1, 0.15) is 36.8 Å². The molecule has 1 aromatic rings. The molecule has 0 atom stereocenters. The minimum Gasteiger partial charge on any atom is -0.395 e. The van der Waals surface area contributed by atoms with Crippen LogP contribution in [0.2, 0.25) is 0 Å². The highest BCUT2D eigenvalue weighted by Gasteiger charge is 2.34. The zero-order valence-corrected chi connectivity index (χ0v) is 11.9. The lowest BCUT2D eigenvalue weighted by atomic mass is 10.0. The number of benzene rings is 1. The van der Waals surface area contributed by atoms with Crippen LogP contribution in [0, 0.1) is 5.92 Å². The molecule has 1 aromatic carbocycles. The highest BCUT2D eigenvalue weighted by Crippen LogP contribution is 2.30. The Bertz CT molecular complexity index is 455. The van der Waals surface area contributed by atoms with Gasteiger partial charge in [-0.1, -0.05) is 37.1 Å². The summed E-state index contributed by atoms with van der Waals surface area (Å²) in [6, 6.07) is 8.73. The Labute approximate surface area is 120 Å². The molecule has 1 N–H and O–H groups in total. The molecule has 1 amide bonds. The number of fused-ring (bicyclic) bond motifs is 1. The maximum Gasteiger partial charge on any atom is 0.226 e. The lowest BCUT2D eigenvalue weighted by molar-refractivity contribution is -0.138. The normalized spacial score (nSPS) is 19.2. The number of aliphatic hydroxyl groups excluding tert-OH is 1. The van der Waals surface area contributed by atoms with Crippen molar-refractivity contribution in [1.29, 1.82) is 0 Å². The van der Waals surface area contributed by atoms with Gasteiger partial charge in [0.25, 0.3) is 0 Å². The Hall–Kier alpha value is -1.35. The first-order valence-corrected chi connectivity index (χ1v) is 7.77. The molecule has 0 spiro atoms. The predicted molar refractivity (Wildman–Crippen MR) is 78.4 cm³/mol. The Kier molecular flexibility index (Phi) is 4.06. The van der Waals surface area contributed by atoms with E-state index in [1.807, 2.05) is 17.0 Å². The average molecular weight is 273 g/mol. The van der Waals surface area contributed by atoms with E-state index in [1.54, 1.807) is 0 Å². The van der Waals surface area contributed by atoms with Crippen molar-refractivity contribution in [3.05, 3.63) is 35.4 Å². The highest BCUT2D eigenvalue weighted by molar-refractivity contribution is 5.80. The summed E-state index contributed by atoms with van der Waals surface area (Å²) in [6.45, 7) is 0.568. The van der Waals surface area contributed by atoms with Crippen LogP contribution >= 0.6 is 0 Å². The van der Waals surface area contributed by atoms with Gasteiger partial charge in [-0.2, -0.15) is 0 Å². The molecule has 2 aliphatic rings. The molecule has 3 rings (SSSR count). The number of amides is 1.